The summed E-state index contributed by atoms with van der Waals surface area (Å²) < 4.78 is 0. The number of hydrogen-bond donors (Lipinski definition) is 2. The largest absolute Gasteiger partial charge is 0.380 e. The van der Waals surface area contributed by atoms with Gasteiger partial charge in [0.25, 0.3) is 5.91 Å². The number of hydrogen-bond acceptors (Lipinski definition) is 2. The zero-order valence-corrected chi connectivity index (χ0v) is 11.9. The van der Waals surface area contributed by atoms with Crippen LogP contribution in [0.4, 0.5) is 0 Å². The van der Waals surface area contributed by atoms with E-state index in [4.69, 9.17) is 0 Å². The maximum atomic E-state index is 12.2. The van der Waals surface area contributed by atoms with Gasteiger partial charge in [0, 0.05) is 12.0 Å². The van der Waals surface area contributed by atoms with Gasteiger partial charge in [-0.15, -0.1) is 0 Å². The number of carbonyl (C=O) groups is 1. The van der Waals surface area contributed by atoms with Crippen LogP contribution in [0.3, 0.4) is 0 Å². The fraction of sp³-hybridized carbons (Fsp3) is 0.588. The molecule has 0 aromatic heterocycles. The fourth-order valence-electron chi connectivity index (χ4n) is 3.56. The minimum absolute atomic E-state index is 0.0892. The van der Waals surface area contributed by atoms with Gasteiger partial charge in [-0.3, -0.25) is 4.79 Å². The summed E-state index contributed by atoms with van der Waals surface area (Å²) in [6, 6.07) is 10.4. The molecule has 2 saturated carbocycles. The van der Waals surface area contributed by atoms with E-state index in [9.17, 15) is 9.90 Å². The zero-order valence-electron chi connectivity index (χ0n) is 11.9. The van der Waals surface area contributed by atoms with Gasteiger partial charge in [0.05, 0.1) is 0 Å². The van der Waals surface area contributed by atoms with Crippen LogP contribution >= 0.6 is 0 Å². The van der Waals surface area contributed by atoms with E-state index >= 15 is 0 Å². The topological polar surface area (TPSA) is 49.3 Å². The van der Waals surface area contributed by atoms with Crippen LogP contribution < -0.4 is 5.32 Å². The summed E-state index contributed by atoms with van der Waals surface area (Å²) in [5.74, 6) is -0.169. The van der Waals surface area contributed by atoms with Gasteiger partial charge in [0.1, 0.15) is 5.60 Å². The third-order valence-electron chi connectivity index (χ3n) is 5.14. The average molecular weight is 273 g/mol. The molecule has 3 rings (SSSR count). The summed E-state index contributed by atoms with van der Waals surface area (Å²) in [5, 5.41) is 13.3. The predicted octanol–water partition coefficient (Wildman–Crippen LogP) is 2.53. The number of benzene rings is 1. The van der Waals surface area contributed by atoms with Crippen molar-refractivity contribution < 1.29 is 9.90 Å². The van der Waals surface area contributed by atoms with Crippen LogP contribution in [-0.2, 0) is 10.2 Å². The second-order valence-corrected chi connectivity index (χ2v) is 6.42. The van der Waals surface area contributed by atoms with Gasteiger partial charge in [0.2, 0.25) is 0 Å². The Morgan fingerprint density at radius 3 is 2.25 bits per heavy atom. The maximum Gasteiger partial charge on any atom is 0.251 e. The molecule has 1 amide bonds. The molecular formula is C17H23NO2. The number of carbonyl (C=O) groups excluding carboxylic acids is 1. The van der Waals surface area contributed by atoms with E-state index in [-0.39, 0.29) is 11.3 Å². The first-order valence-electron chi connectivity index (χ1n) is 7.71. The highest BCUT2D eigenvalue weighted by Crippen LogP contribution is 2.43. The van der Waals surface area contributed by atoms with Crippen LogP contribution in [0.1, 0.15) is 50.5 Å². The monoisotopic (exact) mass is 273 g/mol. The molecule has 0 bridgehead atoms. The van der Waals surface area contributed by atoms with Crippen LogP contribution in [0.2, 0.25) is 0 Å². The van der Waals surface area contributed by atoms with Gasteiger partial charge in [-0.25, -0.2) is 0 Å². The Morgan fingerprint density at radius 1 is 1.05 bits per heavy atom. The lowest BCUT2D eigenvalue weighted by Crippen LogP contribution is -2.51. The minimum atomic E-state index is -1.11. The van der Waals surface area contributed by atoms with Crippen LogP contribution in [-0.4, -0.2) is 23.2 Å². The normalized spacial score (nSPS) is 23.1. The van der Waals surface area contributed by atoms with Gasteiger partial charge in [0.15, 0.2) is 0 Å². The second-order valence-electron chi connectivity index (χ2n) is 6.42. The van der Waals surface area contributed by atoms with Crippen molar-refractivity contribution in [3.8, 4) is 0 Å². The number of nitrogens with one attached hydrogen (secondary N) is 1. The van der Waals surface area contributed by atoms with E-state index < -0.39 is 5.60 Å². The van der Waals surface area contributed by atoms with Crippen molar-refractivity contribution in [2.24, 2.45) is 0 Å². The van der Waals surface area contributed by atoms with Crippen LogP contribution in [0.15, 0.2) is 30.3 Å². The number of rotatable bonds is 4. The maximum absolute atomic E-state index is 12.2. The zero-order chi connectivity index (χ0) is 14.1. The van der Waals surface area contributed by atoms with E-state index in [0.717, 1.165) is 25.7 Å². The fourth-order valence-corrected chi connectivity index (χ4v) is 3.56. The summed E-state index contributed by atoms with van der Waals surface area (Å²) in [7, 11) is 0. The standard InChI is InChI=1S/C17H23NO2/c19-15(17(20)11-4-5-12-17)18-13-16(9-6-10-16)14-7-2-1-3-8-14/h1-3,7-8,20H,4-6,9-13H2,(H,18,19). The van der Waals surface area contributed by atoms with Crippen LogP contribution in [0, 0.1) is 0 Å². The molecule has 2 fully saturated rings. The lowest BCUT2D eigenvalue weighted by atomic mass is 9.64. The average Bonchev–Trinajstić information content (AvgIpc) is 2.87. The highest BCUT2D eigenvalue weighted by atomic mass is 16.3. The smallest absolute Gasteiger partial charge is 0.251 e. The highest BCUT2D eigenvalue weighted by Gasteiger charge is 2.42. The van der Waals surface area contributed by atoms with Crippen molar-refractivity contribution in [1.29, 1.82) is 0 Å². The third kappa shape index (κ3) is 2.35. The number of amides is 1. The third-order valence-corrected chi connectivity index (χ3v) is 5.14. The molecule has 1 aromatic rings. The summed E-state index contributed by atoms with van der Waals surface area (Å²) in [5.41, 5.74) is 0.290. The second kappa shape index (κ2) is 5.21. The Balaban J connectivity index is 1.66. The van der Waals surface area contributed by atoms with E-state index in [0.29, 0.717) is 19.4 Å². The summed E-state index contributed by atoms with van der Waals surface area (Å²) in [6.07, 6.45) is 6.58. The molecule has 108 valence electrons. The van der Waals surface area contributed by atoms with Gasteiger partial charge in [-0.05, 0) is 44.1 Å². The minimum Gasteiger partial charge on any atom is -0.380 e. The van der Waals surface area contributed by atoms with Crippen molar-refractivity contribution in [3.63, 3.8) is 0 Å². The molecule has 0 radical (unpaired) electrons. The molecule has 0 saturated heterocycles. The van der Waals surface area contributed by atoms with Gasteiger partial charge < -0.3 is 10.4 Å². The molecule has 3 heteroatoms. The lowest BCUT2D eigenvalue weighted by molar-refractivity contribution is -0.139. The van der Waals surface area contributed by atoms with E-state index in [1.807, 2.05) is 6.07 Å². The molecular weight excluding hydrogens is 250 g/mol. The Morgan fingerprint density at radius 2 is 1.70 bits per heavy atom. The van der Waals surface area contributed by atoms with Crippen molar-refractivity contribution in [2.45, 2.75) is 56.0 Å². The van der Waals surface area contributed by atoms with Gasteiger partial charge in [-0.2, -0.15) is 0 Å². The Labute approximate surface area is 120 Å². The Hall–Kier alpha value is -1.35. The first-order valence-corrected chi connectivity index (χ1v) is 7.71. The van der Waals surface area contributed by atoms with Crippen molar-refractivity contribution in [3.05, 3.63) is 35.9 Å². The van der Waals surface area contributed by atoms with Crippen molar-refractivity contribution in [1.82, 2.24) is 5.32 Å². The first-order chi connectivity index (χ1) is 9.65. The molecule has 2 N–H and O–H groups in total. The SMILES string of the molecule is O=C(NCC1(c2ccccc2)CCC1)C1(O)CCCC1. The van der Waals surface area contributed by atoms with Crippen LogP contribution in [0.25, 0.3) is 0 Å². The highest BCUT2D eigenvalue weighted by molar-refractivity contribution is 5.85. The molecule has 0 spiro atoms. The molecule has 0 aliphatic heterocycles. The number of aliphatic hydroxyl groups is 1. The molecule has 0 unspecified atom stereocenters. The molecule has 1 aromatic carbocycles. The Kier molecular flexibility index (Phi) is 3.55. The van der Waals surface area contributed by atoms with Crippen molar-refractivity contribution >= 4 is 5.91 Å². The molecule has 2 aliphatic carbocycles. The Bertz CT molecular complexity index is 473. The summed E-state index contributed by atoms with van der Waals surface area (Å²) in [4.78, 5) is 12.2. The van der Waals surface area contributed by atoms with E-state index in [1.54, 1.807) is 0 Å². The summed E-state index contributed by atoms with van der Waals surface area (Å²) >= 11 is 0. The van der Waals surface area contributed by atoms with Gasteiger partial charge in [-0.1, -0.05) is 36.8 Å². The molecule has 0 heterocycles. The molecule has 2 aliphatic rings. The van der Waals surface area contributed by atoms with E-state index in [1.165, 1.54) is 12.0 Å². The lowest BCUT2D eigenvalue weighted by Gasteiger charge is -2.43. The van der Waals surface area contributed by atoms with Gasteiger partial charge >= 0.3 is 0 Å². The first kappa shape index (κ1) is 13.6. The van der Waals surface area contributed by atoms with Crippen LogP contribution in [0.5, 0.6) is 0 Å². The predicted molar refractivity (Wildman–Crippen MR) is 78.4 cm³/mol. The molecule has 20 heavy (non-hydrogen) atoms. The molecule has 0 atom stereocenters. The van der Waals surface area contributed by atoms with Crippen molar-refractivity contribution in [2.75, 3.05) is 6.54 Å². The summed E-state index contributed by atoms with van der Waals surface area (Å²) in [6.45, 7) is 0.651. The van der Waals surface area contributed by atoms with E-state index in [2.05, 4.69) is 29.6 Å². The quantitative estimate of drug-likeness (QED) is 0.885. The molecule has 3 nitrogen and oxygen atoms in total.